The Morgan fingerprint density at radius 3 is 1.87 bits per heavy atom. The molecule has 0 spiro atoms. The summed E-state index contributed by atoms with van der Waals surface area (Å²) in [4.78, 5) is 15.6. The number of hydrogen-bond acceptors (Lipinski definition) is 5. The quantitative estimate of drug-likeness (QED) is 0.269. The molecule has 0 saturated heterocycles. The zero-order chi connectivity index (χ0) is 28.4. The Hall–Kier alpha value is -4.20. The Kier molecular flexibility index (Phi) is 10.2. The number of rotatable bonds is 12. The molecule has 0 aliphatic heterocycles. The second-order valence-corrected chi connectivity index (χ2v) is 9.23. The van der Waals surface area contributed by atoms with Crippen LogP contribution >= 0.6 is 0 Å². The number of nitrogens with one attached hydrogen (secondary N) is 1. The number of urea groups is 1. The number of hydrogen-bond donors (Lipinski definition) is 1. The van der Waals surface area contributed by atoms with Crippen LogP contribution in [-0.4, -0.2) is 39.4 Å². The number of carbonyl (C=O) groups is 1. The van der Waals surface area contributed by atoms with E-state index in [4.69, 9.17) is 18.9 Å². The summed E-state index contributed by atoms with van der Waals surface area (Å²) in [5.74, 6) is 2.06. The Bertz CT molecular complexity index is 1240. The molecule has 7 nitrogen and oxygen atoms in total. The fraction of sp³-hybridized carbons (Fsp3) is 0.323. The van der Waals surface area contributed by atoms with Gasteiger partial charge < -0.3 is 29.2 Å². The number of allylic oxidation sites excluding steroid dienone is 1. The molecule has 3 aromatic rings. The van der Waals surface area contributed by atoms with Gasteiger partial charge in [0.1, 0.15) is 28.8 Å². The maximum atomic E-state index is 15.0. The minimum atomic E-state index is -0.999. The van der Waals surface area contributed by atoms with Gasteiger partial charge in [0.2, 0.25) is 0 Å². The smallest absolute Gasteiger partial charge is 0.318 e. The topological polar surface area (TPSA) is 69.3 Å². The molecular weight excluding hydrogens is 499 g/mol. The van der Waals surface area contributed by atoms with E-state index in [0.29, 0.717) is 35.0 Å². The summed E-state index contributed by atoms with van der Waals surface area (Å²) in [6.45, 7) is 4.14. The van der Waals surface area contributed by atoms with E-state index in [1.165, 1.54) is 6.07 Å². The minimum absolute atomic E-state index is 0.213. The van der Waals surface area contributed by atoms with Gasteiger partial charge in [-0.2, -0.15) is 0 Å². The monoisotopic (exact) mass is 536 g/mol. The highest BCUT2D eigenvalue weighted by Gasteiger charge is 2.32. The van der Waals surface area contributed by atoms with Crippen LogP contribution in [0.4, 0.5) is 9.18 Å². The Balaban J connectivity index is 2.03. The predicted octanol–water partition coefficient (Wildman–Crippen LogP) is 6.45. The van der Waals surface area contributed by atoms with Crippen molar-refractivity contribution in [3.05, 3.63) is 95.3 Å². The first kappa shape index (κ1) is 29.4. The number of amides is 2. The van der Waals surface area contributed by atoms with E-state index < -0.39 is 5.54 Å². The second-order valence-electron chi connectivity index (χ2n) is 9.23. The van der Waals surface area contributed by atoms with Crippen LogP contribution in [0.1, 0.15) is 37.0 Å². The van der Waals surface area contributed by atoms with Gasteiger partial charge in [-0.3, -0.25) is 0 Å². The first-order valence-electron chi connectivity index (χ1n) is 12.6. The van der Waals surface area contributed by atoms with Gasteiger partial charge in [0.15, 0.2) is 0 Å². The zero-order valence-electron chi connectivity index (χ0n) is 23.4. The Labute approximate surface area is 230 Å². The van der Waals surface area contributed by atoms with Crippen molar-refractivity contribution >= 4 is 6.03 Å². The van der Waals surface area contributed by atoms with Gasteiger partial charge in [-0.15, -0.1) is 0 Å². The molecule has 0 aliphatic carbocycles. The summed E-state index contributed by atoms with van der Waals surface area (Å²) < 4.78 is 36.8. The maximum absolute atomic E-state index is 15.0. The lowest BCUT2D eigenvalue weighted by molar-refractivity contribution is 0.177. The second kappa shape index (κ2) is 13.6. The largest absolute Gasteiger partial charge is 0.497 e. The van der Waals surface area contributed by atoms with Gasteiger partial charge in [-0.1, -0.05) is 30.4 Å². The molecule has 208 valence electrons. The lowest BCUT2D eigenvalue weighted by atomic mass is 9.88. The normalized spacial score (nSPS) is 12.5. The first-order valence-corrected chi connectivity index (χ1v) is 12.6. The van der Waals surface area contributed by atoms with Crippen molar-refractivity contribution in [2.45, 2.75) is 38.9 Å². The van der Waals surface area contributed by atoms with Gasteiger partial charge in [0.25, 0.3) is 0 Å². The lowest BCUT2D eigenvalue weighted by Gasteiger charge is -2.34. The average molecular weight is 537 g/mol. The summed E-state index contributed by atoms with van der Waals surface area (Å²) in [5, 5.41) is 3.11. The van der Waals surface area contributed by atoms with E-state index in [0.717, 1.165) is 11.1 Å². The number of ether oxygens (including phenoxy) is 4. The van der Waals surface area contributed by atoms with Crippen LogP contribution in [-0.2, 0) is 18.6 Å². The molecule has 0 radical (unpaired) electrons. The SMILES string of the molecule is C/C=C\C[C@](C)(NC(=O)N(Cc1ccc(OC)cc1OC)Cc1ccc(OC)cc1OC)c1ccccc1F. The molecule has 39 heavy (non-hydrogen) atoms. The Morgan fingerprint density at radius 2 is 1.41 bits per heavy atom. The van der Waals surface area contributed by atoms with Crippen LogP contribution in [0.15, 0.2) is 72.8 Å². The van der Waals surface area contributed by atoms with Crippen molar-refractivity contribution in [2.75, 3.05) is 28.4 Å². The van der Waals surface area contributed by atoms with Gasteiger partial charge in [-0.05, 0) is 50.6 Å². The van der Waals surface area contributed by atoms with Gasteiger partial charge in [0.05, 0.1) is 47.1 Å². The molecule has 1 N–H and O–H groups in total. The molecule has 3 aromatic carbocycles. The first-order chi connectivity index (χ1) is 18.8. The number of methoxy groups -OCH3 is 4. The standard InChI is InChI=1S/C31H37FN2O5/c1-7-8-17-31(2,26-11-9-10-12-27(26)32)33-30(35)34(20-22-13-15-24(36-3)18-28(22)38-5)21-23-14-16-25(37-4)19-29(23)39-6/h7-16,18-19H,17,20-21H2,1-6H3,(H,33,35)/b8-7-/t31-/m0/s1. The van der Waals surface area contributed by atoms with Crippen molar-refractivity contribution in [3.8, 4) is 23.0 Å². The van der Waals surface area contributed by atoms with Crippen molar-refractivity contribution in [1.29, 1.82) is 0 Å². The molecule has 2 amide bonds. The number of benzene rings is 3. The molecule has 0 heterocycles. The highest BCUT2D eigenvalue weighted by atomic mass is 19.1. The molecule has 0 aliphatic rings. The van der Waals surface area contributed by atoms with Crippen LogP contribution in [0.25, 0.3) is 0 Å². The molecule has 8 heteroatoms. The van der Waals surface area contributed by atoms with Crippen molar-refractivity contribution in [2.24, 2.45) is 0 Å². The molecule has 0 aromatic heterocycles. The molecule has 3 rings (SSSR count). The highest BCUT2D eigenvalue weighted by molar-refractivity contribution is 5.76. The molecular formula is C31H37FN2O5. The van der Waals surface area contributed by atoms with E-state index in [-0.39, 0.29) is 24.9 Å². The van der Waals surface area contributed by atoms with Crippen molar-refractivity contribution < 1.29 is 28.1 Å². The molecule has 0 saturated carbocycles. The number of carbonyl (C=O) groups excluding carboxylic acids is 1. The number of halogens is 1. The van der Waals surface area contributed by atoms with Crippen molar-refractivity contribution in [1.82, 2.24) is 10.2 Å². The third kappa shape index (κ3) is 7.22. The summed E-state index contributed by atoms with van der Waals surface area (Å²) in [6.07, 6.45) is 4.20. The Morgan fingerprint density at radius 1 is 0.872 bits per heavy atom. The van der Waals surface area contributed by atoms with Crippen LogP contribution in [0, 0.1) is 5.82 Å². The summed E-state index contributed by atoms with van der Waals surface area (Å²) in [5.41, 5.74) is 0.964. The van der Waals surface area contributed by atoms with Crippen LogP contribution in [0.2, 0.25) is 0 Å². The van der Waals surface area contributed by atoms with E-state index >= 15 is 0 Å². The summed E-state index contributed by atoms with van der Waals surface area (Å²) >= 11 is 0. The fourth-order valence-corrected chi connectivity index (χ4v) is 4.38. The van der Waals surface area contributed by atoms with Crippen LogP contribution in [0.5, 0.6) is 23.0 Å². The van der Waals surface area contributed by atoms with Crippen molar-refractivity contribution in [3.63, 3.8) is 0 Å². The number of nitrogens with zero attached hydrogens (tertiary/aromatic N) is 1. The predicted molar refractivity (Wildman–Crippen MR) is 150 cm³/mol. The molecule has 0 unspecified atom stereocenters. The van der Waals surface area contributed by atoms with Crippen LogP contribution < -0.4 is 24.3 Å². The van der Waals surface area contributed by atoms with Gasteiger partial charge in [-0.25, -0.2) is 9.18 Å². The third-order valence-electron chi connectivity index (χ3n) is 6.61. The highest BCUT2D eigenvalue weighted by Crippen LogP contribution is 2.31. The molecule has 0 bridgehead atoms. The van der Waals surface area contributed by atoms with Gasteiger partial charge in [0, 0.05) is 28.8 Å². The minimum Gasteiger partial charge on any atom is -0.497 e. The fourth-order valence-electron chi connectivity index (χ4n) is 4.38. The summed E-state index contributed by atoms with van der Waals surface area (Å²) in [6, 6.07) is 17.0. The van der Waals surface area contributed by atoms with E-state index in [9.17, 15) is 9.18 Å². The van der Waals surface area contributed by atoms with Crippen LogP contribution in [0.3, 0.4) is 0 Å². The van der Waals surface area contributed by atoms with E-state index in [1.54, 1.807) is 63.7 Å². The third-order valence-corrected chi connectivity index (χ3v) is 6.61. The zero-order valence-corrected chi connectivity index (χ0v) is 23.4. The molecule has 0 fully saturated rings. The van der Waals surface area contributed by atoms with E-state index in [2.05, 4.69) is 5.32 Å². The van der Waals surface area contributed by atoms with E-state index in [1.807, 2.05) is 50.3 Å². The summed E-state index contributed by atoms with van der Waals surface area (Å²) in [7, 11) is 6.31. The maximum Gasteiger partial charge on any atom is 0.318 e. The average Bonchev–Trinajstić information content (AvgIpc) is 2.96. The lowest BCUT2D eigenvalue weighted by Crippen LogP contribution is -2.49. The molecule has 1 atom stereocenters. The van der Waals surface area contributed by atoms with Gasteiger partial charge >= 0.3 is 6.03 Å².